The summed E-state index contributed by atoms with van der Waals surface area (Å²) in [7, 11) is 0. The Morgan fingerprint density at radius 3 is 2.62 bits per heavy atom. The van der Waals surface area contributed by atoms with E-state index in [1.54, 1.807) is 19.1 Å². The molecule has 0 aliphatic heterocycles. The van der Waals surface area contributed by atoms with Crippen LogP contribution in [-0.2, 0) is 6.42 Å². The van der Waals surface area contributed by atoms with Crippen LogP contribution in [0.3, 0.4) is 0 Å². The summed E-state index contributed by atoms with van der Waals surface area (Å²) in [5.74, 6) is -0.197. The first kappa shape index (κ1) is 17.1. The van der Waals surface area contributed by atoms with Gasteiger partial charge in [-0.15, -0.1) is 0 Å². The van der Waals surface area contributed by atoms with E-state index in [2.05, 4.69) is 5.32 Å². The second-order valence-electron chi connectivity index (χ2n) is 5.35. The average molecular weight is 294 g/mol. The lowest BCUT2D eigenvalue weighted by Crippen LogP contribution is -2.29. The molecule has 0 aliphatic rings. The van der Waals surface area contributed by atoms with Crippen LogP contribution in [0.15, 0.2) is 18.2 Å². The van der Waals surface area contributed by atoms with Crippen LogP contribution in [0, 0.1) is 16.0 Å². The van der Waals surface area contributed by atoms with Crippen molar-refractivity contribution in [3.63, 3.8) is 0 Å². The summed E-state index contributed by atoms with van der Waals surface area (Å²) >= 11 is 0. The highest BCUT2D eigenvalue weighted by atomic mass is 16.6. The quantitative estimate of drug-likeness (QED) is 0.596. The number of aryl methyl sites for hydroxylation is 1. The van der Waals surface area contributed by atoms with Crippen molar-refractivity contribution < 1.29 is 14.8 Å². The SMILES string of the molecule is CCc1ccc(C(=O)NCC(C)CC(C)O)cc1[N+](=O)[O-]. The van der Waals surface area contributed by atoms with Gasteiger partial charge in [0.25, 0.3) is 11.6 Å². The number of carbonyl (C=O) groups excluding carboxylic acids is 1. The highest BCUT2D eigenvalue weighted by Crippen LogP contribution is 2.20. The van der Waals surface area contributed by atoms with Crippen LogP contribution in [0.4, 0.5) is 5.69 Å². The number of amides is 1. The van der Waals surface area contributed by atoms with Crippen molar-refractivity contribution in [1.82, 2.24) is 5.32 Å². The van der Waals surface area contributed by atoms with Gasteiger partial charge in [-0.05, 0) is 31.7 Å². The minimum Gasteiger partial charge on any atom is -0.393 e. The molecule has 0 saturated carbocycles. The van der Waals surface area contributed by atoms with Crippen LogP contribution in [0.1, 0.15) is 43.1 Å². The monoisotopic (exact) mass is 294 g/mol. The maximum absolute atomic E-state index is 12.0. The van der Waals surface area contributed by atoms with Crippen LogP contribution in [0.2, 0.25) is 0 Å². The van der Waals surface area contributed by atoms with Crippen molar-refractivity contribution in [2.45, 2.75) is 39.7 Å². The number of aliphatic hydroxyl groups is 1. The fourth-order valence-corrected chi connectivity index (χ4v) is 2.21. The highest BCUT2D eigenvalue weighted by molar-refractivity contribution is 5.95. The molecule has 0 fully saturated rings. The lowest BCUT2D eigenvalue weighted by Gasteiger charge is -2.14. The van der Waals surface area contributed by atoms with E-state index in [1.165, 1.54) is 6.07 Å². The average Bonchev–Trinajstić information content (AvgIpc) is 2.43. The number of hydrogen-bond acceptors (Lipinski definition) is 4. The van der Waals surface area contributed by atoms with E-state index < -0.39 is 11.0 Å². The molecule has 2 atom stereocenters. The van der Waals surface area contributed by atoms with E-state index in [1.807, 2.05) is 13.8 Å². The van der Waals surface area contributed by atoms with Gasteiger partial charge < -0.3 is 10.4 Å². The Bertz CT molecular complexity index is 514. The minimum atomic E-state index is -0.467. The normalized spacial score (nSPS) is 13.5. The van der Waals surface area contributed by atoms with Gasteiger partial charge >= 0.3 is 0 Å². The molecule has 6 heteroatoms. The number of benzene rings is 1. The van der Waals surface area contributed by atoms with E-state index in [9.17, 15) is 20.0 Å². The van der Waals surface area contributed by atoms with E-state index in [0.717, 1.165) is 0 Å². The summed E-state index contributed by atoms with van der Waals surface area (Å²) < 4.78 is 0. The smallest absolute Gasteiger partial charge is 0.273 e. The summed E-state index contributed by atoms with van der Waals surface area (Å²) in [6.07, 6.45) is 0.723. The van der Waals surface area contributed by atoms with Crippen molar-refractivity contribution in [3.05, 3.63) is 39.4 Å². The third kappa shape index (κ3) is 5.15. The van der Waals surface area contributed by atoms with Crippen molar-refractivity contribution in [1.29, 1.82) is 0 Å². The van der Waals surface area contributed by atoms with Crippen LogP contribution in [-0.4, -0.2) is 28.6 Å². The molecular weight excluding hydrogens is 272 g/mol. The minimum absolute atomic E-state index is 0.0258. The molecule has 1 aromatic rings. The summed E-state index contributed by atoms with van der Waals surface area (Å²) in [5.41, 5.74) is 0.865. The lowest BCUT2D eigenvalue weighted by molar-refractivity contribution is -0.385. The van der Waals surface area contributed by atoms with E-state index >= 15 is 0 Å². The van der Waals surface area contributed by atoms with E-state index in [-0.39, 0.29) is 23.1 Å². The molecule has 1 aromatic carbocycles. The second-order valence-corrected chi connectivity index (χ2v) is 5.35. The molecule has 21 heavy (non-hydrogen) atoms. The van der Waals surface area contributed by atoms with Gasteiger partial charge in [0.1, 0.15) is 0 Å². The largest absolute Gasteiger partial charge is 0.393 e. The molecule has 2 N–H and O–H groups in total. The number of nitro benzene ring substituents is 1. The molecule has 116 valence electrons. The fraction of sp³-hybridized carbons (Fsp3) is 0.533. The molecule has 0 bridgehead atoms. The van der Waals surface area contributed by atoms with Gasteiger partial charge in [-0.3, -0.25) is 14.9 Å². The van der Waals surface area contributed by atoms with Gasteiger partial charge in [-0.25, -0.2) is 0 Å². The lowest BCUT2D eigenvalue weighted by atomic mass is 10.0. The number of rotatable bonds is 7. The molecule has 0 saturated heterocycles. The van der Waals surface area contributed by atoms with Gasteiger partial charge in [-0.1, -0.05) is 19.9 Å². The molecule has 6 nitrogen and oxygen atoms in total. The number of nitro groups is 1. The molecule has 0 radical (unpaired) electrons. The summed E-state index contributed by atoms with van der Waals surface area (Å²) in [5, 5.41) is 23.0. The summed E-state index contributed by atoms with van der Waals surface area (Å²) in [4.78, 5) is 22.5. The molecule has 2 unspecified atom stereocenters. The first-order chi connectivity index (χ1) is 9.85. The first-order valence-electron chi connectivity index (χ1n) is 7.08. The number of carbonyl (C=O) groups is 1. The van der Waals surface area contributed by atoms with Gasteiger partial charge in [0.2, 0.25) is 0 Å². The molecule has 1 rings (SSSR count). The zero-order valence-electron chi connectivity index (χ0n) is 12.6. The molecule has 1 amide bonds. The number of hydrogen-bond donors (Lipinski definition) is 2. The van der Waals surface area contributed by atoms with Gasteiger partial charge in [-0.2, -0.15) is 0 Å². The first-order valence-corrected chi connectivity index (χ1v) is 7.08. The molecule has 0 aromatic heterocycles. The zero-order chi connectivity index (χ0) is 16.0. The second kappa shape index (κ2) is 7.73. The Kier molecular flexibility index (Phi) is 6.30. The van der Waals surface area contributed by atoms with Crippen molar-refractivity contribution >= 4 is 11.6 Å². The maximum Gasteiger partial charge on any atom is 0.273 e. The Balaban J connectivity index is 2.75. The van der Waals surface area contributed by atoms with Crippen molar-refractivity contribution in [2.75, 3.05) is 6.54 Å². The molecular formula is C15H22N2O4. The number of nitrogens with one attached hydrogen (secondary N) is 1. The van der Waals surface area contributed by atoms with Crippen LogP contribution in [0.25, 0.3) is 0 Å². The summed E-state index contributed by atoms with van der Waals surface area (Å²) in [6, 6.07) is 4.53. The van der Waals surface area contributed by atoms with E-state index in [0.29, 0.717) is 24.9 Å². The molecule has 0 spiro atoms. The van der Waals surface area contributed by atoms with Gasteiger partial charge in [0, 0.05) is 23.7 Å². The molecule has 0 aliphatic carbocycles. The maximum atomic E-state index is 12.0. The third-order valence-electron chi connectivity index (χ3n) is 3.28. The summed E-state index contributed by atoms with van der Waals surface area (Å²) in [6.45, 7) is 5.88. The van der Waals surface area contributed by atoms with Crippen LogP contribution >= 0.6 is 0 Å². The number of nitrogens with zero attached hydrogens (tertiary/aromatic N) is 1. The van der Waals surface area contributed by atoms with Crippen molar-refractivity contribution in [2.24, 2.45) is 5.92 Å². The Hall–Kier alpha value is -1.95. The fourth-order valence-electron chi connectivity index (χ4n) is 2.21. The van der Waals surface area contributed by atoms with Crippen LogP contribution < -0.4 is 5.32 Å². The Labute approximate surface area is 124 Å². The topological polar surface area (TPSA) is 92.5 Å². The third-order valence-corrected chi connectivity index (χ3v) is 3.28. The predicted molar refractivity (Wildman–Crippen MR) is 80.3 cm³/mol. The van der Waals surface area contributed by atoms with Crippen molar-refractivity contribution in [3.8, 4) is 0 Å². The molecule has 0 heterocycles. The standard InChI is InChI=1S/C15H22N2O4/c1-4-12-5-6-13(8-14(12)17(20)21)15(19)16-9-10(2)7-11(3)18/h5-6,8,10-11,18H,4,7,9H2,1-3H3,(H,16,19). The Morgan fingerprint density at radius 1 is 1.43 bits per heavy atom. The van der Waals surface area contributed by atoms with Gasteiger partial charge in [0.05, 0.1) is 11.0 Å². The Morgan fingerprint density at radius 2 is 2.10 bits per heavy atom. The van der Waals surface area contributed by atoms with Gasteiger partial charge in [0.15, 0.2) is 0 Å². The highest BCUT2D eigenvalue weighted by Gasteiger charge is 2.17. The van der Waals surface area contributed by atoms with Crippen LogP contribution in [0.5, 0.6) is 0 Å². The predicted octanol–water partition coefficient (Wildman–Crippen LogP) is 2.29. The van der Waals surface area contributed by atoms with E-state index in [4.69, 9.17) is 0 Å². The number of aliphatic hydroxyl groups excluding tert-OH is 1. The zero-order valence-corrected chi connectivity index (χ0v) is 12.6.